The quantitative estimate of drug-likeness (QED) is 0.769. The van der Waals surface area contributed by atoms with E-state index in [9.17, 15) is 4.79 Å². The molecule has 1 aliphatic heterocycles. The number of aromatic nitrogens is 3. The number of hydrogen-bond acceptors (Lipinski definition) is 4. The first-order valence-corrected chi connectivity index (χ1v) is 6.78. The van der Waals surface area contributed by atoms with E-state index in [1.54, 1.807) is 18.6 Å². The average Bonchev–Trinajstić information content (AvgIpc) is 2.96. The van der Waals surface area contributed by atoms with Gasteiger partial charge in [-0.25, -0.2) is 0 Å². The van der Waals surface area contributed by atoms with Gasteiger partial charge in [-0.15, -0.1) is 0 Å². The van der Waals surface area contributed by atoms with Crippen LogP contribution in [-0.4, -0.2) is 33.7 Å². The van der Waals surface area contributed by atoms with E-state index < -0.39 is 0 Å². The molecular weight excluding hydrogens is 254 g/mol. The van der Waals surface area contributed by atoms with Crippen molar-refractivity contribution in [1.29, 1.82) is 0 Å². The molecule has 0 aromatic carbocycles. The van der Waals surface area contributed by atoms with E-state index >= 15 is 0 Å². The highest BCUT2D eigenvalue weighted by atomic mass is 16.2. The number of nitrogens with zero attached hydrogens (tertiary/aromatic N) is 2. The van der Waals surface area contributed by atoms with Crippen LogP contribution in [0.25, 0.3) is 11.3 Å². The maximum Gasteiger partial charge on any atom is 0.237 e. The second-order valence-corrected chi connectivity index (χ2v) is 4.88. The number of hydrogen-bond donors (Lipinski definition) is 3. The largest absolute Gasteiger partial charge is 0.355 e. The fraction of sp³-hybridized carbons (Fsp3) is 0.357. The van der Waals surface area contributed by atoms with Gasteiger partial charge in [0.15, 0.2) is 0 Å². The van der Waals surface area contributed by atoms with Gasteiger partial charge in [-0.1, -0.05) is 0 Å². The fourth-order valence-electron chi connectivity index (χ4n) is 2.41. The van der Waals surface area contributed by atoms with Crippen molar-refractivity contribution >= 4 is 5.91 Å². The molecule has 0 aliphatic carbocycles. The second kappa shape index (κ2) is 5.83. The molecule has 3 N–H and O–H groups in total. The van der Waals surface area contributed by atoms with Crippen LogP contribution in [-0.2, 0) is 11.3 Å². The first-order chi connectivity index (χ1) is 9.84. The van der Waals surface area contributed by atoms with Gasteiger partial charge in [0.25, 0.3) is 0 Å². The van der Waals surface area contributed by atoms with Crippen LogP contribution in [0.15, 0.2) is 30.7 Å². The Kier molecular flexibility index (Phi) is 3.73. The summed E-state index contributed by atoms with van der Waals surface area (Å²) in [7, 11) is 0. The van der Waals surface area contributed by atoms with Crippen LogP contribution in [0.1, 0.15) is 18.4 Å². The van der Waals surface area contributed by atoms with Crippen molar-refractivity contribution in [1.82, 2.24) is 25.8 Å². The summed E-state index contributed by atoms with van der Waals surface area (Å²) in [6.45, 7) is 1.39. The highest BCUT2D eigenvalue weighted by Gasteiger charge is 2.21. The Morgan fingerprint density at radius 2 is 2.35 bits per heavy atom. The van der Waals surface area contributed by atoms with Crippen molar-refractivity contribution < 1.29 is 4.79 Å². The Hall–Kier alpha value is -2.21. The first-order valence-electron chi connectivity index (χ1n) is 6.78. The van der Waals surface area contributed by atoms with Crippen molar-refractivity contribution in [2.24, 2.45) is 0 Å². The molecule has 0 spiro atoms. The molecule has 2 aromatic heterocycles. The molecule has 3 rings (SSSR count). The SMILES string of the molecule is O=C1NCCCC1NCc1cn[nH]c1-c1cccnc1. The Morgan fingerprint density at radius 1 is 1.40 bits per heavy atom. The third-order valence-electron chi connectivity index (χ3n) is 3.49. The number of H-pyrrole nitrogens is 1. The van der Waals surface area contributed by atoms with Gasteiger partial charge in [0, 0.05) is 36.6 Å². The van der Waals surface area contributed by atoms with E-state index in [4.69, 9.17) is 0 Å². The summed E-state index contributed by atoms with van der Waals surface area (Å²) >= 11 is 0. The van der Waals surface area contributed by atoms with E-state index in [0.29, 0.717) is 6.54 Å². The first kappa shape index (κ1) is 12.8. The van der Waals surface area contributed by atoms with Crippen LogP contribution in [0.5, 0.6) is 0 Å². The average molecular weight is 271 g/mol. The van der Waals surface area contributed by atoms with Crippen LogP contribution in [0.3, 0.4) is 0 Å². The van der Waals surface area contributed by atoms with Gasteiger partial charge in [0.2, 0.25) is 5.91 Å². The zero-order valence-electron chi connectivity index (χ0n) is 11.1. The van der Waals surface area contributed by atoms with Crippen molar-refractivity contribution in [3.05, 3.63) is 36.3 Å². The Morgan fingerprint density at radius 3 is 3.15 bits per heavy atom. The smallest absolute Gasteiger partial charge is 0.237 e. The van der Waals surface area contributed by atoms with E-state index in [1.165, 1.54) is 0 Å². The number of amides is 1. The summed E-state index contributed by atoms with van der Waals surface area (Å²) in [5.74, 6) is 0.0858. The van der Waals surface area contributed by atoms with E-state index in [1.807, 2.05) is 12.1 Å². The lowest BCUT2D eigenvalue weighted by Gasteiger charge is -2.22. The monoisotopic (exact) mass is 271 g/mol. The maximum atomic E-state index is 11.7. The Balaban J connectivity index is 1.70. The minimum absolute atomic E-state index is 0.0858. The number of pyridine rings is 1. The predicted octanol–water partition coefficient (Wildman–Crippen LogP) is 0.840. The van der Waals surface area contributed by atoms with Gasteiger partial charge in [-0.3, -0.25) is 14.9 Å². The molecule has 1 amide bonds. The summed E-state index contributed by atoms with van der Waals surface area (Å²) in [6.07, 6.45) is 7.22. The molecule has 2 aromatic rings. The molecule has 3 heterocycles. The van der Waals surface area contributed by atoms with Gasteiger partial charge in [0.05, 0.1) is 17.9 Å². The van der Waals surface area contributed by atoms with Crippen molar-refractivity contribution in [3.63, 3.8) is 0 Å². The molecule has 1 aliphatic rings. The lowest BCUT2D eigenvalue weighted by Crippen LogP contribution is -2.47. The molecule has 0 radical (unpaired) electrons. The predicted molar refractivity (Wildman–Crippen MR) is 74.7 cm³/mol. The van der Waals surface area contributed by atoms with Gasteiger partial charge >= 0.3 is 0 Å². The van der Waals surface area contributed by atoms with Gasteiger partial charge in [-0.05, 0) is 25.0 Å². The maximum absolute atomic E-state index is 11.7. The second-order valence-electron chi connectivity index (χ2n) is 4.88. The Labute approximate surface area is 117 Å². The Bertz CT molecular complexity index is 580. The van der Waals surface area contributed by atoms with E-state index in [0.717, 1.165) is 36.2 Å². The highest BCUT2D eigenvalue weighted by molar-refractivity contribution is 5.82. The van der Waals surface area contributed by atoms with Crippen molar-refractivity contribution in [3.8, 4) is 11.3 Å². The van der Waals surface area contributed by atoms with Crippen LogP contribution < -0.4 is 10.6 Å². The minimum atomic E-state index is -0.111. The van der Waals surface area contributed by atoms with Crippen LogP contribution in [0.2, 0.25) is 0 Å². The molecule has 0 bridgehead atoms. The van der Waals surface area contributed by atoms with Crippen molar-refractivity contribution in [2.45, 2.75) is 25.4 Å². The molecule has 104 valence electrons. The van der Waals surface area contributed by atoms with Crippen LogP contribution in [0, 0.1) is 0 Å². The van der Waals surface area contributed by atoms with Crippen LogP contribution >= 0.6 is 0 Å². The summed E-state index contributed by atoms with van der Waals surface area (Å²) in [5, 5.41) is 13.2. The zero-order chi connectivity index (χ0) is 13.8. The normalized spacial score (nSPS) is 18.8. The van der Waals surface area contributed by atoms with E-state index in [-0.39, 0.29) is 11.9 Å². The summed E-state index contributed by atoms with van der Waals surface area (Å²) in [4.78, 5) is 15.8. The van der Waals surface area contributed by atoms with E-state index in [2.05, 4.69) is 25.8 Å². The third kappa shape index (κ3) is 2.70. The molecule has 1 unspecified atom stereocenters. The number of carbonyl (C=O) groups excluding carboxylic acids is 1. The number of carbonyl (C=O) groups is 1. The zero-order valence-corrected chi connectivity index (χ0v) is 11.1. The molecule has 0 saturated carbocycles. The molecule has 6 heteroatoms. The number of piperidine rings is 1. The van der Waals surface area contributed by atoms with Gasteiger partial charge < -0.3 is 10.6 Å². The minimum Gasteiger partial charge on any atom is -0.355 e. The molecule has 1 atom stereocenters. The molecule has 6 nitrogen and oxygen atoms in total. The number of nitrogens with one attached hydrogen (secondary N) is 3. The summed E-state index contributed by atoms with van der Waals surface area (Å²) < 4.78 is 0. The number of rotatable bonds is 4. The highest BCUT2D eigenvalue weighted by Crippen LogP contribution is 2.19. The summed E-state index contributed by atoms with van der Waals surface area (Å²) in [6, 6.07) is 3.76. The van der Waals surface area contributed by atoms with Crippen molar-refractivity contribution in [2.75, 3.05) is 6.54 Å². The topological polar surface area (TPSA) is 82.7 Å². The molecule has 1 saturated heterocycles. The van der Waals surface area contributed by atoms with Gasteiger partial charge in [-0.2, -0.15) is 5.10 Å². The van der Waals surface area contributed by atoms with Crippen LogP contribution in [0.4, 0.5) is 0 Å². The standard InChI is InChI=1S/C14H17N5O/c20-14-12(4-2-6-16-14)17-8-11-9-18-19-13(11)10-3-1-5-15-7-10/h1,3,5,7,9,12,17H,2,4,6,8H2,(H,16,20)(H,18,19). The fourth-order valence-corrected chi connectivity index (χ4v) is 2.41. The van der Waals surface area contributed by atoms with Gasteiger partial charge in [0.1, 0.15) is 0 Å². The lowest BCUT2D eigenvalue weighted by atomic mass is 10.1. The molecular formula is C14H17N5O. The lowest BCUT2D eigenvalue weighted by molar-refractivity contribution is -0.124. The molecule has 20 heavy (non-hydrogen) atoms. The molecule has 1 fully saturated rings. The summed E-state index contributed by atoms with van der Waals surface area (Å²) in [5.41, 5.74) is 2.98. The number of aromatic amines is 1. The third-order valence-corrected chi connectivity index (χ3v) is 3.49.